The Morgan fingerprint density at radius 1 is 1.04 bits per heavy atom. The average Bonchev–Trinajstić information content (AvgIpc) is 2.66. The highest BCUT2D eigenvalue weighted by Crippen LogP contribution is 2.29. The van der Waals surface area contributed by atoms with E-state index in [1.165, 1.54) is 31.2 Å². The second-order valence-corrected chi connectivity index (χ2v) is 8.08. The molecule has 2 unspecified atom stereocenters. The van der Waals surface area contributed by atoms with Crippen molar-refractivity contribution >= 4 is 5.78 Å². The van der Waals surface area contributed by atoms with Gasteiger partial charge < -0.3 is 0 Å². The smallest absolute Gasteiger partial charge is 0.135 e. The van der Waals surface area contributed by atoms with Crippen LogP contribution in [0.3, 0.4) is 0 Å². The predicted octanol–water partition coefficient (Wildman–Crippen LogP) is 9.13. The van der Waals surface area contributed by atoms with Gasteiger partial charge in [-0.25, -0.2) is 4.39 Å². The molecule has 2 heteroatoms. The van der Waals surface area contributed by atoms with Crippen molar-refractivity contribution in [2.24, 2.45) is 11.3 Å². The fourth-order valence-corrected chi connectivity index (χ4v) is 2.25. The standard InChI is InChI=1S/C16H25F.C6H12O.2C2H6/c1-5-6-7-8-12(2)14(4)15-9-10-16(17)13(3)11-15;1-5(7)6(2,3)4;2*1-2/h9-12,14H,5-8H2,1-4H3;1-4H3;2*1-2H3. The third kappa shape index (κ3) is 14.8. The first-order valence-corrected chi connectivity index (χ1v) is 11.3. The van der Waals surface area contributed by atoms with E-state index < -0.39 is 0 Å². The summed E-state index contributed by atoms with van der Waals surface area (Å²) in [5.74, 6) is 1.34. The molecule has 0 N–H and O–H groups in total. The zero-order valence-corrected chi connectivity index (χ0v) is 21.0. The summed E-state index contributed by atoms with van der Waals surface area (Å²) >= 11 is 0. The zero-order chi connectivity index (χ0) is 22.9. The lowest BCUT2D eigenvalue weighted by molar-refractivity contribution is -0.124. The predicted molar refractivity (Wildman–Crippen MR) is 126 cm³/mol. The van der Waals surface area contributed by atoms with Crippen LogP contribution in [0.4, 0.5) is 4.39 Å². The number of hydrogen-bond donors (Lipinski definition) is 0. The molecule has 0 aromatic heterocycles. The first-order chi connectivity index (χ1) is 13.0. The van der Waals surface area contributed by atoms with Crippen molar-refractivity contribution in [3.8, 4) is 0 Å². The molecular formula is C26H49FO. The highest BCUT2D eigenvalue weighted by molar-refractivity contribution is 5.80. The van der Waals surface area contributed by atoms with Crippen LogP contribution in [0.5, 0.6) is 0 Å². The highest BCUT2D eigenvalue weighted by Gasteiger charge is 2.15. The van der Waals surface area contributed by atoms with Crippen molar-refractivity contribution in [2.45, 2.75) is 115 Å². The number of carbonyl (C=O) groups is 1. The van der Waals surface area contributed by atoms with E-state index in [4.69, 9.17) is 0 Å². The van der Waals surface area contributed by atoms with Crippen LogP contribution in [0, 0.1) is 24.1 Å². The van der Waals surface area contributed by atoms with Crippen molar-refractivity contribution in [1.82, 2.24) is 0 Å². The Hall–Kier alpha value is -1.18. The third-order valence-corrected chi connectivity index (χ3v) is 4.88. The van der Waals surface area contributed by atoms with E-state index in [9.17, 15) is 9.18 Å². The molecule has 0 aliphatic carbocycles. The minimum atomic E-state index is -0.139. The lowest BCUT2D eigenvalue weighted by atomic mass is 9.85. The zero-order valence-electron chi connectivity index (χ0n) is 21.0. The summed E-state index contributed by atoms with van der Waals surface area (Å²) in [5, 5.41) is 0. The van der Waals surface area contributed by atoms with Gasteiger partial charge in [-0.05, 0) is 42.9 Å². The van der Waals surface area contributed by atoms with Crippen LogP contribution >= 0.6 is 0 Å². The minimum absolute atomic E-state index is 0.0976. The summed E-state index contributed by atoms with van der Waals surface area (Å²) in [4.78, 5) is 10.5. The van der Waals surface area contributed by atoms with Gasteiger partial charge in [0.25, 0.3) is 0 Å². The second-order valence-electron chi connectivity index (χ2n) is 8.08. The molecule has 166 valence electrons. The molecule has 1 nitrogen and oxygen atoms in total. The van der Waals surface area contributed by atoms with E-state index >= 15 is 0 Å². The Morgan fingerprint density at radius 2 is 1.50 bits per heavy atom. The molecule has 0 fully saturated rings. The van der Waals surface area contributed by atoms with Gasteiger partial charge in [0.2, 0.25) is 0 Å². The van der Waals surface area contributed by atoms with E-state index in [1.807, 2.05) is 67.5 Å². The Bertz CT molecular complexity index is 500. The number of benzene rings is 1. The summed E-state index contributed by atoms with van der Waals surface area (Å²) in [6.45, 7) is 24.0. The molecule has 0 bridgehead atoms. The van der Waals surface area contributed by atoms with Gasteiger partial charge in [0.1, 0.15) is 11.6 Å². The number of ketones is 1. The number of hydrogen-bond acceptors (Lipinski definition) is 1. The molecule has 0 saturated carbocycles. The van der Waals surface area contributed by atoms with Crippen LogP contribution < -0.4 is 0 Å². The molecule has 0 saturated heterocycles. The van der Waals surface area contributed by atoms with Gasteiger partial charge in [0.05, 0.1) is 0 Å². The maximum atomic E-state index is 13.2. The largest absolute Gasteiger partial charge is 0.299 e. The first-order valence-electron chi connectivity index (χ1n) is 11.3. The topological polar surface area (TPSA) is 17.1 Å². The van der Waals surface area contributed by atoms with Crippen molar-refractivity contribution in [1.29, 1.82) is 0 Å². The summed E-state index contributed by atoms with van der Waals surface area (Å²) in [5.41, 5.74) is 1.89. The van der Waals surface area contributed by atoms with E-state index in [1.54, 1.807) is 13.0 Å². The Labute approximate surface area is 176 Å². The van der Waals surface area contributed by atoms with Crippen molar-refractivity contribution in [3.63, 3.8) is 0 Å². The molecule has 1 aromatic carbocycles. The van der Waals surface area contributed by atoms with E-state index in [0.29, 0.717) is 11.8 Å². The van der Waals surface area contributed by atoms with Gasteiger partial charge in [0.15, 0.2) is 0 Å². The van der Waals surface area contributed by atoms with Gasteiger partial charge in [-0.1, -0.05) is 107 Å². The van der Waals surface area contributed by atoms with Gasteiger partial charge in [-0.2, -0.15) is 0 Å². The summed E-state index contributed by atoms with van der Waals surface area (Å²) in [6, 6.07) is 5.53. The quantitative estimate of drug-likeness (QED) is 0.438. The van der Waals surface area contributed by atoms with Gasteiger partial charge in [0, 0.05) is 5.41 Å². The molecule has 0 heterocycles. The van der Waals surface area contributed by atoms with Crippen molar-refractivity contribution in [2.75, 3.05) is 0 Å². The Balaban J connectivity index is -0.000000477. The minimum Gasteiger partial charge on any atom is -0.299 e. The molecule has 1 aromatic rings. The fraction of sp³-hybridized carbons (Fsp3) is 0.731. The maximum Gasteiger partial charge on any atom is 0.135 e. The Morgan fingerprint density at radius 3 is 1.86 bits per heavy atom. The third-order valence-electron chi connectivity index (χ3n) is 4.88. The van der Waals surface area contributed by atoms with Crippen LogP contribution in [0.2, 0.25) is 0 Å². The summed E-state index contributed by atoms with van der Waals surface area (Å²) < 4.78 is 13.2. The SMILES string of the molecule is CC.CC.CC(=O)C(C)(C)C.CCCCCC(C)C(C)c1ccc(F)c(C)c1. The molecular weight excluding hydrogens is 347 g/mol. The maximum absolute atomic E-state index is 13.2. The molecule has 0 radical (unpaired) electrons. The van der Waals surface area contributed by atoms with Crippen molar-refractivity contribution in [3.05, 3.63) is 35.1 Å². The van der Waals surface area contributed by atoms with Crippen LogP contribution in [0.1, 0.15) is 119 Å². The summed E-state index contributed by atoms with van der Waals surface area (Å²) in [7, 11) is 0. The number of carbonyl (C=O) groups excluding carboxylic acids is 1. The molecule has 0 aliphatic heterocycles. The van der Waals surface area contributed by atoms with Gasteiger partial charge >= 0.3 is 0 Å². The van der Waals surface area contributed by atoms with E-state index in [0.717, 1.165) is 5.56 Å². The second kappa shape index (κ2) is 17.9. The number of Topliss-reactive ketones (excluding diaryl/α,β-unsaturated/α-hetero) is 1. The molecule has 28 heavy (non-hydrogen) atoms. The van der Waals surface area contributed by atoms with Crippen LogP contribution in [0.15, 0.2) is 18.2 Å². The Kier molecular flexibility index (Phi) is 20.1. The lowest BCUT2D eigenvalue weighted by Gasteiger charge is -2.20. The van der Waals surface area contributed by atoms with Gasteiger partial charge in [-0.15, -0.1) is 0 Å². The van der Waals surface area contributed by atoms with Crippen molar-refractivity contribution < 1.29 is 9.18 Å². The number of halogens is 1. The average molecular weight is 397 g/mol. The van der Waals surface area contributed by atoms with Gasteiger partial charge in [-0.3, -0.25) is 4.79 Å². The van der Waals surface area contributed by atoms with Crippen LogP contribution in [-0.4, -0.2) is 5.78 Å². The number of rotatable bonds is 6. The molecule has 1 rings (SSSR count). The lowest BCUT2D eigenvalue weighted by Crippen LogP contribution is -2.15. The highest BCUT2D eigenvalue weighted by atomic mass is 19.1. The van der Waals surface area contributed by atoms with E-state index in [2.05, 4.69) is 20.8 Å². The molecule has 0 aliphatic rings. The molecule has 2 atom stereocenters. The van der Waals surface area contributed by atoms with E-state index in [-0.39, 0.29) is 17.0 Å². The normalized spacial score (nSPS) is 12.2. The monoisotopic (exact) mass is 396 g/mol. The number of unbranched alkanes of at least 4 members (excludes halogenated alkanes) is 2. The van der Waals surface area contributed by atoms with Crippen LogP contribution in [-0.2, 0) is 4.79 Å². The van der Waals surface area contributed by atoms with Crippen LogP contribution in [0.25, 0.3) is 0 Å². The molecule has 0 spiro atoms. The number of aryl methyl sites for hydroxylation is 1. The fourth-order valence-electron chi connectivity index (χ4n) is 2.25. The first kappa shape index (κ1) is 31.5. The molecule has 0 amide bonds. The summed E-state index contributed by atoms with van der Waals surface area (Å²) in [6.07, 6.45) is 5.17.